The van der Waals surface area contributed by atoms with Crippen LogP contribution in [0.4, 0.5) is 4.79 Å². The highest BCUT2D eigenvalue weighted by molar-refractivity contribution is 5.73. The molecule has 1 saturated heterocycles. The van der Waals surface area contributed by atoms with Crippen molar-refractivity contribution in [2.24, 2.45) is 17.8 Å². The smallest absolute Gasteiger partial charge is 0.413 e. The van der Waals surface area contributed by atoms with E-state index in [0.29, 0.717) is 37.8 Å². The lowest BCUT2D eigenvalue weighted by atomic mass is 9.98. The summed E-state index contributed by atoms with van der Waals surface area (Å²) in [6, 6.07) is 7.43. The van der Waals surface area contributed by atoms with E-state index in [0.717, 1.165) is 0 Å². The molecule has 1 fully saturated rings. The molecule has 1 aromatic carbocycles. The van der Waals surface area contributed by atoms with Crippen LogP contribution in [-0.2, 0) is 19.0 Å². The van der Waals surface area contributed by atoms with Gasteiger partial charge in [0.15, 0.2) is 11.5 Å². The molecule has 32 heavy (non-hydrogen) atoms. The Bertz CT molecular complexity index is 737. The minimum atomic E-state index is -0.938. The van der Waals surface area contributed by atoms with E-state index < -0.39 is 12.4 Å². The van der Waals surface area contributed by atoms with Crippen LogP contribution < -0.4 is 9.47 Å². The van der Waals surface area contributed by atoms with Gasteiger partial charge in [-0.15, -0.1) is 0 Å². The Hall–Kier alpha value is -2.48. The number of carbonyl (C=O) groups is 2. The van der Waals surface area contributed by atoms with Gasteiger partial charge in [0.25, 0.3) is 6.29 Å². The summed E-state index contributed by atoms with van der Waals surface area (Å²) in [7, 11) is 0. The van der Waals surface area contributed by atoms with Gasteiger partial charge in [-0.25, -0.2) is 4.79 Å². The Morgan fingerprint density at radius 2 is 1.69 bits per heavy atom. The highest BCUT2D eigenvalue weighted by Crippen LogP contribution is 2.27. The quantitative estimate of drug-likeness (QED) is 0.391. The molecule has 8 nitrogen and oxygen atoms in total. The van der Waals surface area contributed by atoms with E-state index in [4.69, 9.17) is 23.7 Å². The van der Waals surface area contributed by atoms with E-state index in [1.165, 1.54) is 0 Å². The van der Waals surface area contributed by atoms with Gasteiger partial charge in [-0.1, -0.05) is 46.8 Å². The van der Waals surface area contributed by atoms with Crippen LogP contribution >= 0.6 is 0 Å². The molecule has 180 valence electrons. The average molecular weight is 452 g/mol. The second-order valence-corrected chi connectivity index (χ2v) is 8.60. The normalized spacial score (nSPS) is 18.2. The van der Waals surface area contributed by atoms with Gasteiger partial charge in [-0.3, -0.25) is 4.79 Å². The third-order valence-electron chi connectivity index (χ3n) is 5.34. The van der Waals surface area contributed by atoms with Crippen LogP contribution in [-0.4, -0.2) is 62.3 Å². The summed E-state index contributed by atoms with van der Waals surface area (Å²) < 4.78 is 28.2. The first kappa shape index (κ1) is 25.8. The van der Waals surface area contributed by atoms with Crippen molar-refractivity contribution in [3.63, 3.8) is 0 Å². The topological polar surface area (TPSA) is 83.5 Å². The Balaban J connectivity index is 1.91. The molecule has 2 rings (SSSR count). The molecule has 0 aliphatic carbocycles. The molecule has 0 saturated carbocycles. The van der Waals surface area contributed by atoms with Crippen molar-refractivity contribution < 1.29 is 33.3 Å². The second-order valence-electron chi connectivity index (χ2n) is 8.60. The number of morpholine rings is 1. The second kappa shape index (κ2) is 12.5. The number of nitrogens with zero attached hydrogens (tertiary/aromatic N) is 1. The number of esters is 1. The van der Waals surface area contributed by atoms with Gasteiger partial charge < -0.3 is 28.6 Å². The minimum absolute atomic E-state index is 0.138. The number of rotatable bonds is 10. The third-order valence-corrected chi connectivity index (χ3v) is 5.34. The van der Waals surface area contributed by atoms with Gasteiger partial charge in [0.2, 0.25) is 0 Å². The van der Waals surface area contributed by atoms with Gasteiger partial charge in [0, 0.05) is 12.5 Å². The van der Waals surface area contributed by atoms with E-state index in [1.807, 2.05) is 65.8 Å². The van der Waals surface area contributed by atoms with Crippen molar-refractivity contribution >= 4 is 12.1 Å². The van der Waals surface area contributed by atoms with Crippen molar-refractivity contribution in [3.05, 3.63) is 24.3 Å². The van der Waals surface area contributed by atoms with Crippen molar-refractivity contribution in [3.8, 4) is 11.5 Å². The number of para-hydroxylation sites is 2. The minimum Gasteiger partial charge on any atom is -0.490 e. The molecular formula is C24H37NO7. The van der Waals surface area contributed by atoms with E-state index >= 15 is 0 Å². The molecule has 8 heteroatoms. The van der Waals surface area contributed by atoms with Crippen LogP contribution in [0.15, 0.2) is 24.3 Å². The number of ether oxygens (including phenoxy) is 5. The van der Waals surface area contributed by atoms with Gasteiger partial charge in [-0.05, 0) is 25.0 Å². The van der Waals surface area contributed by atoms with Gasteiger partial charge >= 0.3 is 12.1 Å². The first-order chi connectivity index (χ1) is 15.2. The molecule has 0 spiro atoms. The van der Waals surface area contributed by atoms with Crippen LogP contribution in [0.3, 0.4) is 0 Å². The predicted molar refractivity (Wildman–Crippen MR) is 120 cm³/mol. The summed E-state index contributed by atoms with van der Waals surface area (Å²) >= 11 is 0. The maximum absolute atomic E-state index is 12.8. The van der Waals surface area contributed by atoms with Crippen LogP contribution in [0.2, 0.25) is 0 Å². The molecule has 1 heterocycles. The summed E-state index contributed by atoms with van der Waals surface area (Å²) in [4.78, 5) is 26.6. The van der Waals surface area contributed by atoms with Crippen molar-refractivity contribution in [1.82, 2.24) is 4.90 Å². The predicted octanol–water partition coefficient (Wildman–Crippen LogP) is 4.12. The lowest BCUT2D eigenvalue weighted by molar-refractivity contribution is -0.183. The fraction of sp³-hybridized carbons (Fsp3) is 0.667. The Kier molecular flexibility index (Phi) is 10.1. The molecule has 1 aromatic rings. The number of carbonyl (C=O) groups excluding carboxylic acids is 2. The van der Waals surface area contributed by atoms with Crippen molar-refractivity contribution in [2.45, 2.75) is 53.9 Å². The van der Waals surface area contributed by atoms with E-state index in [1.54, 1.807) is 4.90 Å². The summed E-state index contributed by atoms with van der Waals surface area (Å²) in [5.74, 6) is 0.617. The molecule has 1 aliphatic rings. The number of benzene rings is 1. The zero-order valence-electron chi connectivity index (χ0n) is 20.0. The van der Waals surface area contributed by atoms with Gasteiger partial charge in [0.1, 0.15) is 12.7 Å². The first-order valence-electron chi connectivity index (χ1n) is 11.3. The monoisotopic (exact) mass is 451 g/mol. The summed E-state index contributed by atoms with van der Waals surface area (Å²) in [5.41, 5.74) is 0. The first-order valence-corrected chi connectivity index (χ1v) is 11.3. The summed E-state index contributed by atoms with van der Waals surface area (Å²) in [6.45, 7) is 13.2. The number of hydrogen-bond donors (Lipinski definition) is 0. The molecule has 1 aliphatic heterocycles. The van der Waals surface area contributed by atoms with Crippen LogP contribution in [0, 0.1) is 17.8 Å². The molecule has 0 N–H and O–H groups in total. The maximum Gasteiger partial charge on any atom is 0.413 e. The number of amides is 1. The molecule has 1 unspecified atom stereocenters. The highest BCUT2D eigenvalue weighted by Gasteiger charge is 2.31. The molecule has 0 aromatic heterocycles. The van der Waals surface area contributed by atoms with Crippen LogP contribution in [0.1, 0.15) is 41.5 Å². The molecule has 1 amide bonds. The lowest BCUT2D eigenvalue weighted by Gasteiger charge is -2.33. The van der Waals surface area contributed by atoms with Crippen molar-refractivity contribution in [1.29, 1.82) is 0 Å². The van der Waals surface area contributed by atoms with E-state index in [9.17, 15) is 9.59 Å². The average Bonchev–Trinajstić information content (AvgIpc) is 2.77. The lowest BCUT2D eigenvalue weighted by Crippen LogP contribution is -2.49. The standard InChI is InChI=1S/C24H37NO7/c1-7-28-20-10-8-9-11-21(20)30-15-19-14-25(12-13-29-19)24(27)32-23(17(4)5)31-22(26)18(6)16(2)3/h8-11,16-19,23H,7,12-15H2,1-6H3/t18-,19+,23?/m1/s1. The van der Waals surface area contributed by atoms with Gasteiger partial charge in [-0.2, -0.15) is 0 Å². The van der Waals surface area contributed by atoms with E-state index in [-0.39, 0.29) is 36.4 Å². The maximum atomic E-state index is 12.8. The molecule has 0 radical (unpaired) electrons. The number of hydrogen-bond acceptors (Lipinski definition) is 7. The third kappa shape index (κ3) is 7.58. The Morgan fingerprint density at radius 3 is 2.28 bits per heavy atom. The fourth-order valence-corrected chi connectivity index (χ4v) is 2.98. The largest absolute Gasteiger partial charge is 0.490 e. The molecule has 0 bridgehead atoms. The SMILES string of the molecule is CCOc1ccccc1OC[C@@H]1CN(C(=O)OC(OC(=O)[C@H](C)C(C)C)C(C)C)CCO1. The van der Waals surface area contributed by atoms with Gasteiger partial charge in [0.05, 0.1) is 25.7 Å². The highest BCUT2D eigenvalue weighted by atomic mass is 16.7. The Morgan fingerprint density at radius 1 is 1.03 bits per heavy atom. The van der Waals surface area contributed by atoms with Crippen LogP contribution in [0.5, 0.6) is 11.5 Å². The molecular weight excluding hydrogens is 414 g/mol. The van der Waals surface area contributed by atoms with E-state index in [2.05, 4.69) is 0 Å². The fourth-order valence-electron chi connectivity index (χ4n) is 2.98. The zero-order valence-corrected chi connectivity index (χ0v) is 20.0. The summed E-state index contributed by atoms with van der Waals surface area (Å²) in [5, 5.41) is 0. The van der Waals surface area contributed by atoms with Crippen molar-refractivity contribution in [2.75, 3.05) is 32.9 Å². The van der Waals surface area contributed by atoms with Crippen LogP contribution in [0.25, 0.3) is 0 Å². The Labute approximate surface area is 191 Å². The molecule has 3 atom stereocenters. The zero-order chi connectivity index (χ0) is 23.7. The summed E-state index contributed by atoms with van der Waals surface area (Å²) in [6.07, 6.45) is -1.78.